The van der Waals surface area contributed by atoms with E-state index in [9.17, 15) is 9.59 Å². The maximum Gasteiger partial charge on any atom is 0.314 e. The SMILES string of the molecule is CCC(=O)CCc1cnc(CC(=O)OC)o1. The van der Waals surface area contributed by atoms with Gasteiger partial charge in [0.2, 0.25) is 5.89 Å². The van der Waals surface area contributed by atoms with Gasteiger partial charge < -0.3 is 9.15 Å². The average Bonchev–Trinajstić information content (AvgIpc) is 2.73. The molecular formula is C11H15NO4. The lowest BCUT2D eigenvalue weighted by Gasteiger charge is -1.95. The van der Waals surface area contributed by atoms with E-state index in [0.29, 0.717) is 30.9 Å². The molecule has 0 aliphatic heterocycles. The fraction of sp³-hybridized carbons (Fsp3) is 0.545. The van der Waals surface area contributed by atoms with Crippen molar-refractivity contribution in [3.05, 3.63) is 17.8 Å². The summed E-state index contributed by atoms with van der Waals surface area (Å²) in [6.45, 7) is 1.82. The van der Waals surface area contributed by atoms with Crippen LogP contribution in [0.15, 0.2) is 10.6 Å². The highest BCUT2D eigenvalue weighted by Crippen LogP contribution is 2.08. The third kappa shape index (κ3) is 3.84. The molecule has 0 radical (unpaired) electrons. The molecule has 0 saturated heterocycles. The van der Waals surface area contributed by atoms with Crippen LogP contribution in [-0.4, -0.2) is 23.8 Å². The van der Waals surface area contributed by atoms with E-state index in [4.69, 9.17) is 4.42 Å². The smallest absolute Gasteiger partial charge is 0.314 e. The molecular weight excluding hydrogens is 210 g/mol. The summed E-state index contributed by atoms with van der Waals surface area (Å²) in [7, 11) is 1.31. The zero-order valence-electron chi connectivity index (χ0n) is 9.49. The Hall–Kier alpha value is -1.65. The highest BCUT2D eigenvalue weighted by molar-refractivity contribution is 5.78. The molecule has 0 amide bonds. The van der Waals surface area contributed by atoms with Gasteiger partial charge in [0, 0.05) is 19.3 Å². The highest BCUT2D eigenvalue weighted by atomic mass is 16.5. The Morgan fingerprint density at radius 2 is 2.25 bits per heavy atom. The van der Waals surface area contributed by atoms with Crippen molar-refractivity contribution in [3.8, 4) is 0 Å². The Balaban J connectivity index is 2.45. The van der Waals surface area contributed by atoms with E-state index in [1.54, 1.807) is 6.20 Å². The molecule has 0 bridgehead atoms. The van der Waals surface area contributed by atoms with Crippen LogP contribution >= 0.6 is 0 Å². The van der Waals surface area contributed by atoms with Gasteiger partial charge in [0.15, 0.2) is 0 Å². The van der Waals surface area contributed by atoms with E-state index in [1.165, 1.54) is 7.11 Å². The first-order valence-corrected chi connectivity index (χ1v) is 5.17. The lowest BCUT2D eigenvalue weighted by atomic mass is 10.1. The van der Waals surface area contributed by atoms with Crippen molar-refractivity contribution in [1.29, 1.82) is 0 Å². The van der Waals surface area contributed by atoms with Gasteiger partial charge in [0.05, 0.1) is 13.3 Å². The summed E-state index contributed by atoms with van der Waals surface area (Å²) in [6.07, 6.45) is 3.08. The number of ketones is 1. The van der Waals surface area contributed by atoms with E-state index in [1.807, 2.05) is 6.92 Å². The van der Waals surface area contributed by atoms with Gasteiger partial charge in [-0.15, -0.1) is 0 Å². The summed E-state index contributed by atoms with van der Waals surface area (Å²) in [6, 6.07) is 0. The van der Waals surface area contributed by atoms with E-state index in [0.717, 1.165) is 0 Å². The van der Waals surface area contributed by atoms with Gasteiger partial charge in [-0.3, -0.25) is 9.59 Å². The average molecular weight is 225 g/mol. The molecule has 0 aromatic carbocycles. The molecule has 0 aliphatic rings. The lowest BCUT2D eigenvalue weighted by molar-refractivity contribution is -0.140. The Morgan fingerprint density at radius 3 is 2.88 bits per heavy atom. The molecule has 1 heterocycles. The minimum absolute atomic E-state index is 0.0260. The van der Waals surface area contributed by atoms with Crippen LogP contribution in [0.3, 0.4) is 0 Å². The first-order valence-electron chi connectivity index (χ1n) is 5.17. The van der Waals surface area contributed by atoms with Crippen molar-refractivity contribution >= 4 is 11.8 Å². The zero-order chi connectivity index (χ0) is 12.0. The summed E-state index contributed by atoms with van der Waals surface area (Å²) in [5.74, 6) is 0.746. The van der Waals surface area contributed by atoms with Gasteiger partial charge in [-0.25, -0.2) is 4.98 Å². The number of carbonyl (C=O) groups excluding carboxylic acids is 2. The monoisotopic (exact) mass is 225 g/mol. The standard InChI is InChI=1S/C11H15NO4/c1-3-8(13)4-5-9-7-12-10(16-9)6-11(14)15-2/h7H,3-6H2,1-2H3. The summed E-state index contributed by atoms with van der Waals surface area (Å²) < 4.78 is 9.77. The van der Waals surface area contributed by atoms with Crippen LogP contribution in [0.5, 0.6) is 0 Å². The van der Waals surface area contributed by atoms with Crippen molar-refractivity contribution in [1.82, 2.24) is 4.98 Å². The molecule has 0 aliphatic carbocycles. The van der Waals surface area contributed by atoms with Gasteiger partial charge >= 0.3 is 5.97 Å². The predicted octanol–water partition coefficient (Wildman–Crippen LogP) is 1.30. The van der Waals surface area contributed by atoms with Crippen molar-refractivity contribution in [2.45, 2.75) is 32.6 Å². The predicted molar refractivity (Wildman–Crippen MR) is 55.8 cm³/mol. The minimum atomic E-state index is -0.391. The number of hydrogen-bond acceptors (Lipinski definition) is 5. The topological polar surface area (TPSA) is 69.4 Å². The number of rotatable bonds is 6. The molecule has 0 spiro atoms. The summed E-state index contributed by atoms with van der Waals surface area (Å²) >= 11 is 0. The second-order valence-corrected chi connectivity index (χ2v) is 3.37. The number of aromatic nitrogens is 1. The molecule has 0 N–H and O–H groups in total. The van der Waals surface area contributed by atoms with E-state index in [-0.39, 0.29) is 12.2 Å². The fourth-order valence-corrected chi connectivity index (χ4v) is 1.18. The van der Waals surface area contributed by atoms with Crippen molar-refractivity contribution in [3.63, 3.8) is 0 Å². The Labute approximate surface area is 93.8 Å². The Bertz CT molecular complexity index is 370. The molecule has 1 aromatic rings. The van der Waals surface area contributed by atoms with Crippen LogP contribution in [0.2, 0.25) is 0 Å². The number of Topliss-reactive ketones (excluding diaryl/α,β-unsaturated/α-hetero) is 1. The van der Waals surface area contributed by atoms with E-state index < -0.39 is 5.97 Å². The van der Waals surface area contributed by atoms with Crippen LogP contribution in [-0.2, 0) is 27.2 Å². The first kappa shape index (κ1) is 12.4. The van der Waals surface area contributed by atoms with Crippen LogP contribution in [0.25, 0.3) is 0 Å². The summed E-state index contributed by atoms with van der Waals surface area (Å²) in [4.78, 5) is 25.9. The maximum atomic E-state index is 11.1. The highest BCUT2D eigenvalue weighted by Gasteiger charge is 2.10. The Kier molecular flexibility index (Phi) is 4.69. The molecule has 0 saturated carbocycles. The molecule has 0 fully saturated rings. The molecule has 88 valence electrons. The second-order valence-electron chi connectivity index (χ2n) is 3.37. The van der Waals surface area contributed by atoms with Crippen molar-refractivity contribution in [2.24, 2.45) is 0 Å². The van der Waals surface area contributed by atoms with Crippen LogP contribution in [0.4, 0.5) is 0 Å². The van der Waals surface area contributed by atoms with Gasteiger partial charge in [-0.05, 0) is 0 Å². The van der Waals surface area contributed by atoms with Crippen LogP contribution in [0.1, 0.15) is 31.4 Å². The molecule has 1 rings (SSSR count). The molecule has 5 nitrogen and oxygen atoms in total. The van der Waals surface area contributed by atoms with Gasteiger partial charge in [-0.1, -0.05) is 6.92 Å². The van der Waals surface area contributed by atoms with Crippen molar-refractivity contribution < 1.29 is 18.7 Å². The number of aryl methyl sites for hydroxylation is 1. The third-order valence-corrected chi connectivity index (χ3v) is 2.17. The van der Waals surface area contributed by atoms with Crippen LogP contribution < -0.4 is 0 Å². The number of methoxy groups -OCH3 is 1. The first-order chi connectivity index (χ1) is 7.65. The normalized spacial score (nSPS) is 10.1. The third-order valence-electron chi connectivity index (χ3n) is 2.17. The molecule has 0 atom stereocenters. The molecule has 16 heavy (non-hydrogen) atoms. The van der Waals surface area contributed by atoms with Crippen LogP contribution in [0, 0.1) is 0 Å². The fourth-order valence-electron chi connectivity index (χ4n) is 1.18. The number of carbonyl (C=O) groups is 2. The van der Waals surface area contributed by atoms with Gasteiger partial charge in [0.1, 0.15) is 18.0 Å². The maximum absolute atomic E-state index is 11.1. The number of esters is 1. The second kappa shape index (κ2) is 6.05. The van der Waals surface area contributed by atoms with E-state index in [2.05, 4.69) is 9.72 Å². The zero-order valence-corrected chi connectivity index (χ0v) is 9.49. The number of nitrogens with zero attached hydrogens (tertiary/aromatic N) is 1. The summed E-state index contributed by atoms with van der Waals surface area (Å²) in [5, 5.41) is 0. The Morgan fingerprint density at radius 1 is 1.50 bits per heavy atom. The minimum Gasteiger partial charge on any atom is -0.469 e. The molecule has 5 heteroatoms. The van der Waals surface area contributed by atoms with E-state index >= 15 is 0 Å². The molecule has 0 unspecified atom stereocenters. The lowest BCUT2D eigenvalue weighted by Crippen LogP contribution is -2.04. The number of oxazole rings is 1. The van der Waals surface area contributed by atoms with Gasteiger partial charge in [-0.2, -0.15) is 0 Å². The number of ether oxygens (including phenoxy) is 1. The molecule has 1 aromatic heterocycles. The number of hydrogen-bond donors (Lipinski definition) is 0. The quantitative estimate of drug-likeness (QED) is 0.682. The largest absolute Gasteiger partial charge is 0.469 e. The summed E-state index contributed by atoms with van der Waals surface area (Å²) in [5.41, 5.74) is 0. The van der Waals surface area contributed by atoms with Gasteiger partial charge in [0.25, 0.3) is 0 Å². The van der Waals surface area contributed by atoms with Crippen molar-refractivity contribution in [2.75, 3.05) is 7.11 Å².